The van der Waals surface area contributed by atoms with Crippen molar-refractivity contribution in [1.82, 2.24) is 4.90 Å². The number of piperidine rings is 1. The standard InChI is InChI=1S/C15H20ClNO/c1-11-2-3-12(10-14(11)16)15(6-7-15)17-8-4-13(18)5-9-17/h2-3,10,13,18H,4-9H2,1H3. The Labute approximate surface area is 114 Å². The van der Waals surface area contributed by atoms with Crippen molar-refractivity contribution in [3.8, 4) is 0 Å². The van der Waals surface area contributed by atoms with E-state index < -0.39 is 0 Å². The predicted octanol–water partition coefficient (Wildman–Crippen LogP) is 3.09. The Balaban J connectivity index is 1.84. The molecule has 0 aromatic heterocycles. The SMILES string of the molecule is Cc1ccc(C2(N3CCC(O)CC3)CC2)cc1Cl. The summed E-state index contributed by atoms with van der Waals surface area (Å²) in [5, 5.41) is 10.5. The summed E-state index contributed by atoms with van der Waals surface area (Å²) in [4.78, 5) is 2.54. The fourth-order valence-corrected chi connectivity index (χ4v) is 3.26. The first-order valence-electron chi connectivity index (χ1n) is 6.81. The van der Waals surface area contributed by atoms with Crippen LogP contribution < -0.4 is 0 Å². The minimum Gasteiger partial charge on any atom is -0.393 e. The van der Waals surface area contributed by atoms with E-state index in [9.17, 15) is 5.11 Å². The zero-order valence-corrected chi connectivity index (χ0v) is 11.6. The molecule has 0 radical (unpaired) electrons. The van der Waals surface area contributed by atoms with Gasteiger partial charge in [-0.2, -0.15) is 0 Å². The Bertz CT molecular complexity index is 448. The van der Waals surface area contributed by atoms with Crippen molar-refractivity contribution in [2.45, 2.75) is 44.2 Å². The second-order valence-corrected chi connectivity index (χ2v) is 6.12. The van der Waals surface area contributed by atoms with Crippen LogP contribution in [0.1, 0.15) is 36.8 Å². The van der Waals surface area contributed by atoms with Crippen LogP contribution in [0.5, 0.6) is 0 Å². The van der Waals surface area contributed by atoms with Gasteiger partial charge in [-0.3, -0.25) is 4.90 Å². The van der Waals surface area contributed by atoms with E-state index in [1.165, 1.54) is 18.4 Å². The summed E-state index contributed by atoms with van der Waals surface area (Å²) in [6.07, 6.45) is 4.16. The highest BCUT2D eigenvalue weighted by atomic mass is 35.5. The molecule has 18 heavy (non-hydrogen) atoms. The molecule has 0 bridgehead atoms. The first kappa shape index (κ1) is 12.5. The lowest BCUT2D eigenvalue weighted by molar-refractivity contribution is 0.0522. The zero-order chi connectivity index (χ0) is 12.8. The number of likely N-dealkylation sites (tertiary alicyclic amines) is 1. The number of aryl methyl sites for hydroxylation is 1. The first-order valence-corrected chi connectivity index (χ1v) is 7.19. The second kappa shape index (κ2) is 4.52. The van der Waals surface area contributed by atoms with Gasteiger partial charge in [-0.15, -0.1) is 0 Å². The van der Waals surface area contributed by atoms with Gasteiger partial charge in [0.15, 0.2) is 0 Å². The van der Waals surface area contributed by atoms with Crippen LogP contribution in [0.4, 0.5) is 0 Å². The van der Waals surface area contributed by atoms with Crippen LogP contribution in [-0.4, -0.2) is 29.2 Å². The molecule has 2 nitrogen and oxygen atoms in total. The van der Waals surface area contributed by atoms with Gasteiger partial charge < -0.3 is 5.11 Å². The van der Waals surface area contributed by atoms with Crippen molar-refractivity contribution in [2.24, 2.45) is 0 Å². The van der Waals surface area contributed by atoms with Gasteiger partial charge in [-0.25, -0.2) is 0 Å². The Morgan fingerprint density at radius 3 is 2.50 bits per heavy atom. The molecule has 1 saturated heterocycles. The van der Waals surface area contributed by atoms with E-state index in [1.807, 2.05) is 6.92 Å². The number of hydrogen-bond donors (Lipinski definition) is 1. The van der Waals surface area contributed by atoms with Gasteiger partial charge in [0.05, 0.1) is 6.10 Å². The van der Waals surface area contributed by atoms with Gasteiger partial charge in [0, 0.05) is 23.7 Å². The lowest BCUT2D eigenvalue weighted by Crippen LogP contribution is -2.42. The Hall–Kier alpha value is -0.570. The summed E-state index contributed by atoms with van der Waals surface area (Å²) in [5.41, 5.74) is 2.72. The number of hydrogen-bond acceptors (Lipinski definition) is 2. The quantitative estimate of drug-likeness (QED) is 0.888. The maximum Gasteiger partial charge on any atom is 0.0564 e. The Morgan fingerprint density at radius 2 is 1.94 bits per heavy atom. The number of aliphatic hydroxyl groups excluding tert-OH is 1. The monoisotopic (exact) mass is 265 g/mol. The van der Waals surface area contributed by atoms with E-state index >= 15 is 0 Å². The number of aliphatic hydroxyl groups is 1. The second-order valence-electron chi connectivity index (χ2n) is 5.71. The molecule has 1 aromatic carbocycles. The van der Waals surface area contributed by atoms with Crippen molar-refractivity contribution in [3.05, 3.63) is 34.3 Å². The fraction of sp³-hybridized carbons (Fsp3) is 0.600. The van der Waals surface area contributed by atoms with E-state index in [1.54, 1.807) is 0 Å². The normalized spacial score (nSPS) is 24.2. The van der Waals surface area contributed by atoms with E-state index in [0.717, 1.165) is 36.5 Å². The highest BCUT2D eigenvalue weighted by Gasteiger charge is 2.49. The molecule has 1 N–H and O–H groups in total. The maximum atomic E-state index is 9.62. The summed E-state index contributed by atoms with van der Waals surface area (Å²) in [5.74, 6) is 0. The molecule has 98 valence electrons. The highest BCUT2D eigenvalue weighted by Crippen LogP contribution is 2.52. The molecule has 1 aliphatic carbocycles. The summed E-state index contributed by atoms with van der Waals surface area (Å²) in [6.45, 7) is 4.06. The molecule has 1 heterocycles. The molecule has 1 aliphatic heterocycles. The average Bonchev–Trinajstić information content (AvgIpc) is 3.15. The Kier molecular flexibility index (Phi) is 3.13. The van der Waals surface area contributed by atoms with Gasteiger partial charge in [-0.1, -0.05) is 23.7 Å². The van der Waals surface area contributed by atoms with Gasteiger partial charge in [0.2, 0.25) is 0 Å². The molecule has 0 atom stereocenters. The summed E-state index contributed by atoms with van der Waals surface area (Å²) in [6, 6.07) is 6.48. The molecule has 1 aromatic rings. The van der Waals surface area contributed by atoms with Crippen LogP contribution in [0.15, 0.2) is 18.2 Å². The Morgan fingerprint density at radius 1 is 1.28 bits per heavy atom. The fourth-order valence-electron chi connectivity index (χ4n) is 3.08. The summed E-state index contributed by atoms with van der Waals surface area (Å²) < 4.78 is 0. The molecule has 0 spiro atoms. The van der Waals surface area contributed by atoms with E-state index in [-0.39, 0.29) is 11.6 Å². The van der Waals surface area contributed by atoms with Crippen molar-refractivity contribution < 1.29 is 5.11 Å². The first-order chi connectivity index (χ1) is 8.62. The van der Waals surface area contributed by atoms with Crippen molar-refractivity contribution >= 4 is 11.6 Å². The van der Waals surface area contributed by atoms with Gasteiger partial charge >= 0.3 is 0 Å². The number of benzene rings is 1. The van der Waals surface area contributed by atoms with E-state index in [4.69, 9.17) is 11.6 Å². The average molecular weight is 266 g/mol. The van der Waals surface area contributed by atoms with E-state index in [0.29, 0.717) is 0 Å². The third-order valence-corrected chi connectivity index (χ3v) is 4.91. The largest absolute Gasteiger partial charge is 0.393 e. The molecule has 3 rings (SSSR count). The minimum absolute atomic E-state index is 0.0985. The maximum absolute atomic E-state index is 9.62. The van der Waals surface area contributed by atoms with Crippen molar-refractivity contribution in [3.63, 3.8) is 0 Å². The van der Waals surface area contributed by atoms with Crippen LogP contribution in [-0.2, 0) is 5.54 Å². The number of halogens is 1. The van der Waals surface area contributed by atoms with Crippen molar-refractivity contribution in [2.75, 3.05) is 13.1 Å². The summed E-state index contributed by atoms with van der Waals surface area (Å²) in [7, 11) is 0. The van der Waals surface area contributed by atoms with Gasteiger partial charge in [-0.05, 0) is 49.8 Å². The van der Waals surface area contributed by atoms with E-state index in [2.05, 4.69) is 23.1 Å². The third-order valence-electron chi connectivity index (χ3n) is 4.50. The van der Waals surface area contributed by atoms with Crippen molar-refractivity contribution in [1.29, 1.82) is 0 Å². The molecular weight excluding hydrogens is 246 g/mol. The van der Waals surface area contributed by atoms with Gasteiger partial charge in [0.1, 0.15) is 0 Å². The highest BCUT2D eigenvalue weighted by molar-refractivity contribution is 6.31. The smallest absolute Gasteiger partial charge is 0.0564 e. The molecule has 2 aliphatic rings. The molecule has 0 amide bonds. The third kappa shape index (κ3) is 2.07. The van der Waals surface area contributed by atoms with Crippen LogP contribution in [0.2, 0.25) is 5.02 Å². The number of nitrogens with zero attached hydrogens (tertiary/aromatic N) is 1. The molecule has 0 unspecified atom stereocenters. The van der Waals surface area contributed by atoms with Crippen LogP contribution in [0, 0.1) is 6.92 Å². The zero-order valence-electron chi connectivity index (χ0n) is 10.8. The summed E-state index contributed by atoms with van der Waals surface area (Å²) >= 11 is 6.25. The molecule has 3 heteroatoms. The molecule has 2 fully saturated rings. The molecule has 1 saturated carbocycles. The topological polar surface area (TPSA) is 23.5 Å². The van der Waals surface area contributed by atoms with Crippen LogP contribution in [0.3, 0.4) is 0 Å². The number of rotatable bonds is 2. The molecular formula is C15H20ClNO. The van der Waals surface area contributed by atoms with Crippen LogP contribution in [0.25, 0.3) is 0 Å². The van der Waals surface area contributed by atoms with Crippen LogP contribution >= 0.6 is 11.6 Å². The lowest BCUT2D eigenvalue weighted by Gasteiger charge is -2.37. The van der Waals surface area contributed by atoms with Gasteiger partial charge in [0.25, 0.3) is 0 Å². The minimum atomic E-state index is -0.0985. The predicted molar refractivity (Wildman–Crippen MR) is 73.9 cm³/mol. The lowest BCUT2D eigenvalue weighted by atomic mass is 9.97.